The van der Waals surface area contributed by atoms with Crippen LogP contribution in [-0.2, 0) is 0 Å². The first-order valence-corrected chi connectivity index (χ1v) is 11.8. The van der Waals surface area contributed by atoms with E-state index in [1.807, 2.05) is 0 Å². The molecule has 2 fully saturated rings. The maximum absolute atomic E-state index is 10.7. The van der Waals surface area contributed by atoms with E-state index in [1.165, 1.54) is 90.1 Å². The fourth-order valence-electron chi connectivity index (χ4n) is 4.27. The van der Waals surface area contributed by atoms with Gasteiger partial charge < -0.3 is 0 Å². The van der Waals surface area contributed by atoms with Gasteiger partial charge in [0.1, 0.15) is 0 Å². The van der Waals surface area contributed by atoms with Crippen molar-refractivity contribution in [1.82, 2.24) is 4.90 Å². The molecule has 0 N–H and O–H groups in total. The van der Waals surface area contributed by atoms with Crippen molar-refractivity contribution in [1.29, 1.82) is 0 Å². The molecule has 2 aliphatic carbocycles. The van der Waals surface area contributed by atoms with Crippen molar-refractivity contribution in [2.75, 3.05) is 13.1 Å². The molecule has 156 valence electrons. The normalized spacial score (nSPS) is 26.7. The second kappa shape index (κ2) is 7.84. The average Bonchev–Trinajstić information content (AvgIpc) is 2.80. The van der Waals surface area contributed by atoms with Gasteiger partial charge in [0.05, 0.1) is 25.2 Å². The Hall–Kier alpha value is -0.520. The second-order valence-electron chi connectivity index (χ2n) is 7.84. The van der Waals surface area contributed by atoms with Gasteiger partial charge in [-0.1, -0.05) is 12.8 Å². The zero-order valence-corrected chi connectivity index (χ0v) is 16.1. The molecule has 0 saturated heterocycles. The van der Waals surface area contributed by atoms with Crippen LogP contribution < -0.4 is 0 Å². The van der Waals surface area contributed by atoms with Gasteiger partial charge in [-0.3, -0.25) is 9.48 Å². The molecule has 2 saturated carbocycles. The molecule has 0 amide bonds. The number of hydrogen-bond donors (Lipinski definition) is 0. The zero-order valence-electron chi connectivity index (χ0n) is 15.2. The standard InChI is InChI=1S/C17H31N2.F6P/c1-3-9-16(10-4-1)18-13-7-8-14-19(15-18)17-11-5-2-6-12-17;1-7(2,3,4,5)6/h15-17H,1-14H2;/q+1;-1. The molecule has 9 heteroatoms. The average molecular weight is 408 g/mol. The Balaban J connectivity index is 0.000000298. The molecule has 0 unspecified atom stereocenters. The van der Waals surface area contributed by atoms with E-state index >= 15 is 0 Å². The zero-order chi connectivity index (χ0) is 19.3. The third-order valence-corrected chi connectivity index (χ3v) is 5.47. The molecule has 2 nitrogen and oxygen atoms in total. The van der Waals surface area contributed by atoms with E-state index in [1.54, 1.807) is 0 Å². The molecule has 0 atom stereocenters. The summed E-state index contributed by atoms with van der Waals surface area (Å²) in [5.41, 5.74) is 0. The fraction of sp³-hybridized carbons (Fsp3) is 0.941. The number of halogens is 6. The fourth-order valence-corrected chi connectivity index (χ4v) is 4.27. The Morgan fingerprint density at radius 3 is 1.73 bits per heavy atom. The molecule has 1 heterocycles. The topological polar surface area (TPSA) is 6.25 Å². The van der Waals surface area contributed by atoms with Gasteiger partial charge in [-0.15, -0.1) is 0 Å². The van der Waals surface area contributed by atoms with Gasteiger partial charge in [-0.2, -0.15) is 0 Å². The summed E-state index contributed by atoms with van der Waals surface area (Å²) in [6, 6.07) is 1.72. The SMILES string of the molecule is C1=[N+](C2CCCCC2)CCCCN1C1CCCCC1.F[P-](F)(F)(F)(F)F. The van der Waals surface area contributed by atoms with Crippen LogP contribution >= 0.6 is 7.81 Å². The molecule has 0 aromatic heterocycles. The van der Waals surface area contributed by atoms with Crippen LogP contribution in [0.5, 0.6) is 0 Å². The van der Waals surface area contributed by atoms with Gasteiger partial charge in [-0.25, -0.2) is 0 Å². The molecule has 3 aliphatic rings. The van der Waals surface area contributed by atoms with E-state index in [4.69, 9.17) is 0 Å². The van der Waals surface area contributed by atoms with E-state index in [0.29, 0.717) is 0 Å². The Bertz CT molecular complexity index is 467. The first-order valence-electron chi connectivity index (χ1n) is 9.81. The molecular weight excluding hydrogens is 377 g/mol. The summed E-state index contributed by atoms with van der Waals surface area (Å²) in [6.45, 7) is 2.63. The summed E-state index contributed by atoms with van der Waals surface area (Å²) in [4.78, 5) is 2.72. The quantitative estimate of drug-likeness (QED) is 0.267. The second-order valence-corrected chi connectivity index (χ2v) is 9.76. The van der Waals surface area contributed by atoms with Crippen molar-refractivity contribution >= 4 is 14.1 Å². The summed E-state index contributed by atoms with van der Waals surface area (Å²) < 4.78 is 61.9. The van der Waals surface area contributed by atoms with Crippen LogP contribution in [0.25, 0.3) is 0 Å². The predicted molar refractivity (Wildman–Crippen MR) is 94.4 cm³/mol. The van der Waals surface area contributed by atoms with Crippen molar-refractivity contribution in [2.45, 2.75) is 89.1 Å². The molecule has 1 aliphatic heterocycles. The Labute approximate surface area is 151 Å². The van der Waals surface area contributed by atoms with Crippen LogP contribution in [-0.4, -0.2) is 41.0 Å². The van der Waals surface area contributed by atoms with Crippen molar-refractivity contribution in [3.8, 4) is 0 Å². The Morgan fingerprint density at radius 2 is 1.19 bits per heavy atom. The first-order chi connectivity index (χ1) is 11.9. The van der Waals surface area contributed by atoms with E-state index < -0.39 is 7.81 Å². The minimum atomic E-state index is -10.7. The van der Waals surface area contributed by atoms with E-state index in [0.717, 1.165) is 12.1 Å². The van der Waals surface area contributed by atoms with Gasteiger partial charge in [-0.05, 0) is 64.2 Å². The van der Waals surface area contributed by atoms with E-state index in [9.17, 15) is 25.2 Å². The Morgan fingerprint density at radius 1 is 0.692 bits per heavy atom. The van der Waals surface area contributed by atoms with Gasteiger partial charge in [0, 0.05) is 0 Å². The molecule has 0 spiro atoms. The van der Waals surface area contributed by atoms with Crippen LogP contribution in [0.15, 0.2) is 0 Å². The summed E-state index contributed by atoms with van der Waals surface area (Å²) in [5.74, 6) is 0. The van der Waals surface area contributed by atoms with Crippen LogP contribution in [0, 0.1) is 0 Å². The first kappa shape index (κ1) is 21.8. The number of nitrogens with zero attached hydrogens (tertiary/aromatic N) is 2. The predicted octanol–water partition coefficient (Wildman–Crippen LogP) is 7.17. The molecule has 3 rings (SSSR count). The molecule has 0 aromatic carbocycles. The van der Waals surface area contributed by atoms with Gasteiger partial charge in [0.2, 0.25) is 6.34 Å². The van der Waals surface area contributed by atoms with Crippen molar-refractivity contribution in [2.24, 2.45) is 0 Å². The number of hydrogen-bond acceptors (Lipinski definition) is 1. The van der Waals surface area contributed by atoms with Gasteiger partial charge >= 0.3 is 33.0 Å². The van der Waals surface area contributed by atoms with Crippen LogP contribution in [0.4, 0.5) is 25.2 Å². The third kappa shape index (κ3) is 9.98. The number of rotatable bonds is 2. The van der Waals surface area contributed by atoms with Gasteiger partial charge in [0.25, 0.3) is 0 Å². The molecule has 0 radical (unpaired) electrons. The van der Waals surface area contributed by atoms with E-state index in [-0.39, 0.29) is 0 Å². The van der Waals surface area contributed by atoms with Crippen molar-refractivity contribution in [3.63, 3.8) is 0 Å². The summed E-state index contributed by atoms with van der Waals surface area (Å²) in [7, 11) is -10.7. The molecule has 26 heavy (non-hydrogen) atoms. The summed E-state index contributed by atoms with van der Waals surface area (Å²) in [6.07, 6.45) is 19.9. The minimum absolute atomic E-state index is 0.859. The summed E-state index contributed by atoms with van der Waals surface area (Å²) in [5, 5.41) is 0. The summed E-state index contributed by atoms with van der Waals surface area (Å²) >= 11 is 0. The van der Waals surface area contributed by atoms with Crippen LogP contribution in [0.3, 0.4) is 0 Å². The Kier molecular flexibility index (Phi) is 6.57. The van der Waals surface area contributed by atoms with Gasteiger partial charge in [0.15, 0.2) is 0 Å². The molecule has 0 aromatic rings. The van der Waals surface area contributed by atoms with Crippen molar-refractivity contribution in [3.05, 3.63) is 0 Å². The van der Waals surface area contributed by atoms with Crippen LogP contribution in [0.2, 0.25) is 0 Å². The monoisotopic (exact) mass is 408 g/mol. The molecular formula is C17H31F6N2P. The maximum atomic E-state index is 9.87. The van der Waals surface area contributed by atoms with Crippen LogP contribution in [0.1, 0.15) is 77.0 Å². The van der Waals surface area contributed by atoms with Crippen molar-refractivity contribution < 1.29 is 29.8 Å². The van der Waals surface area contributed by atoms with E-state index in [2.05, 4.69) is 15.8 Å². The third-order valence-electron chi connectivity index (χ3n) is 5.47. The molecule has 0 bridgehead atoms.